The molecule has 1 fully saturated rings. The second-order valence-corrected chi connectivity index (χ2v) is 4.49. The molecule has 0 spiro atoms. The molecule has 1 aromatic carbocycles. The minimum absolute atomic E-state index is 0.0293. The molecule has 0 aliphatic carbocycles. The topological polar surface area (TPSA) is 101 Å². The molecule has 1 aliphatic rings. The maximum atomic E-state index is 11.8. The SMILES string of the molecule is Cc1ccc([N+](=O)[O-])c(N2CC(C(=O)O)CC2=O)c1. The maximum absolute atomic E-state index is 11.8. The molecule has 1 N–H and O–H groups in total. The van der Waals surface area contributed by atoms with Crippen LogP contribution in [0.25, 0.3) is 0 Å². The highest BCUT2D eigenvalue weighted by Gasteiger charge is 2.37. The Hall–Kier alpha value is -2.44. The van der Waals surface area contributed by atoms with Crippen LogP contribution >= 0.6 is 0 Å². The summed E-state index contributed by atoms with van der Waals surface area (Å²) in [7, 11) is 0. The molecule has 1 heterocycles. The Morgan fingerprint density at radius 1 is 1.53 bits per heavy atom. The van der Waals surface area contributed by atoms with Crippen LogP contribution in [0.15, 0.2) is 18.2 Å². The van der Waals surface area contributed by atoms with Crippen molar-refractivity contribution in [1.82, 2.24) is 0 Å². The lowest BCUT2D eigenvalue weighted by Gasteiger charge is -2.16. The molecule has 0 radical (unpaired) electrons. The summed E-state index contributed by atoms with van der Waals surface area (Å²) >= 11 is 0. The van der Waals surface area contributed by atoms with Gasteiger partial charge >= 0.3 is 5.97 Å². The number of aryl methyl sites for hydroxylation is 1. The van der Waals surface area contributed by atoms with E-state index < -0.39 is 22.7 Å². The van der Waals surface area contributed by atoms with E-state index in [2.05, 4.69) is 0 Å². The molecule has 0 saturated carbocycles. The number of rotatable bonds is 3. The van der Waals surface area contributed by atoms with Crippen molar-refractivity contribution in [2.24, 2.45) is 5.92 Å². The summed E-state index contributed by atoms with van der Waals surface area (Å²) in [5, 5.41) is 19.9. The third kappa shape index (κ3) is 2.40. The first-order valence-electron chi connectivity index (χ1n) is 5.68. The van der Waals surface area contributed by atoms with Gasteiger partial charge in [0, 0.05) is 19.0 Å². The summed E-state index contributed by atoms with van der Waals surface area (Å²) in [6, 6.07) is 4.43. The number of anilines is 1. The molecule has 19 heavy (non-hydrogen) atoms. The van der Waals surface area contributed by atoms with Gasteiger partial charge in [-0.15, -0.1) is 0 Å². The third-order valence-corrected chi connectivity index (χ3v) is 3.09. The van der Waals surface area contributed by atoms with Gasteiger partial charge in [0.2, 0.25) is 5.91 Å². The van der Waals surface area contributed by atoms with Crippen LogP contribution in [-0.2, 0) is 9.59 Å². The van der Waals surface area contributed by atoms with Crippen molar-refractivity contribution in [1.29, 1.82) is 0 Å². The van der Waals surface area contributed by atoms with Crippen molar-refractivity contribution in [3.05, 3.63) is 33.9 Å². The monoisotopic (exact) mass is 264 g/mol. The quantitative estimate of drug-likeness (QED) is 0.655. The molecule has 0 aromatic heterocycles. The van der Waals surface area contributed by atoms with Crippen molar-refractivity contribution in [3.63, 3.8) is 0 Å². The van der Waals surface area contributed by atoms with Crippen molar-refractivity contribution < 1.29 is 19.6 Å². The van der Waals surface area contributed by atoms with Crippen LogP contribution < -0.4 is 4.90 Å². The zero-order valence-electron chi connectivity index (χ0n) is 10.2. The molecule has 1 unspecified atom stereocenters. The molecular weight excluding hydrogens is 252 g/mol. The van der Waals surface area contributed by atoms with E-state index in [1.807, 2.05) is 0 Å². The predicted octanol–water partition coefficient (Wildman–Crippen LogP) is 1.34. The Morgan fingerprint density at radius 3 is 2.74 bits per heavy atom. The van der Waals surface area contributed by atoms with E-state index in [4.69, 9.17) is 5.11 Å². The van der Waals surface area contributed by atoms with Gasteiger partial charge in [-0.2, -0.15) is 0 Å². The highest BCUT2D eigenvalue weighted by Crippen LogP contribution is 2.33. The van der Waals surface area contributed by atoms with Crippen LogP contribution in [-0.4, -0.2) is 28.5 Å². The fourth-order valence-electron chi connectivity index (χ4n) is 2.11. The summed E-state index contributed by atoms with van der Waals surface area (Å²) in [4.78, 5) is 34.3. The Labute approximate surface area is 108 Å². The van der Waals surface area contributed by atoms with Gasteiger partial charge < -0.3 is 10.0 Å². The molecule has 1 atom stereocenters. The average molecular weight is 264 g/mol. The van der Waals surface area contributed by atoms with Gasteiger partial charge in [0.25, 0.3) is 5.69 Å². The number of nitro benzene ring substituents is 1. The Bertz CT molecular complexity index is 569. The fourth-order valence-corrected chi connectivity index (χ4v) is 2.11. The second kappa shape index (κ2) is 4.68. The highest BCUT2D eigenvalue weighted by atomic mass is 16.6. The van der Waals surface area contributed by atoms with Gasteiger partial charge in [-0.05, 0) is 18.6 Å². The number of amides is 1. The zero-order chi connectivity index (χ0) is 14.2. The van der Waals surface area contributed by atoms with Crippen LogP contribution in [0.3, 0.4) is 0 Å². The summed E-state index contributed by atoms with van der Waals surface area (Å²) in [6.45, 7) is 1.72. The standard InChI is InChI=1S/C12H12N2O5/c1-7-2-3-9(14(18)19)10(4-7)13-6-8(12(16)17)5-11(13)15/h2-4,8H,5-6H2,1H3,(H,16,17). The number of hydrogen-bond donors (Lipinski definition) is 1. The van der Waals surface area contributed by atoms with Crippen molar-refractivity contribution in [2.75, 3.05) is 11.4 Å². The summed E-state index contributed by atoms with van der Waals surface area (Å²) in [5.74, 6) is -2.28. The molecule has 7 nitrogen and oxygen atoms in total. The summed E-state index contributed by atoms with van der Waals surface area (Å²) in [5.41, 5.74) is 0.746. The predicted molar refractivity (Wildman–Crippen MR) is 65.9 cm³/mol. The summed E-state index contributed by atoms with van der Waals surface area (Å²) < 4.78 is 0. The largest absolute Gasteiger partial charge is 0.481 e. The Morgan fingerprint density at radius 2 is 2.21 bits per heavy atom. The first-order valence-corrected chi connectivity index (χ1v) is 5.68. The second-order valence-electron chi connectivity index (χ2n) is 4.49. The van der Waals surface area contributed by atoms with Crippen LogP contribution in [0.4, 0.5) is 11.4 Å². The van der Waals surface area contributed by atoms with E-state index in [-0.39, 0.29) is 24.3 Å². The van der Waals surface area contributed by atoms with Crippen molar-refractivity contribution >= 4 is 23.3 Å². The number of hydrogen-bond acceptors (Lipinski definition) is 4. The van der Waals surface area contributed by atoms with Gasteiger partial charge in [-0.1, -0.05) is 6.07 Å². The van der Waals surface area contributed by atoms with Crippen LogP contribution in [0.5, 0.6) is 0 Å². The molecule has 1 aliphatic heterocycles. The van der Waals surface area contributed by atoms with Gasteiger partial charge in [0.05, 0.1) is 10.8 Å². The van der Waals surface area contributed by atoms with Crippen molar-refractivity contribution in [3.8, 4) is 0 Å². The molecule has 0 bridgehead atoms. The lowest BCUT2D eigenvalue weighted by atomic mass is 10.1. The highest BCUT2D eigenvalue weighted by molar-refractivity contribution is 6.00. The van der Waals surface area contributed by atoms with Gasteiger partial charge in [-0.3, -0.25) is 19.7 Å². The van der Waals surface area contributed by atoms with E-state index in [0.29, 0.717) is 0 Å². The molecule has 100 valence electrons. The zero-order valence-corrected chi connectivity index (χ0v) is 10.2. The van der Waals surface area contributed by atoms with E-state index in [1.54, 1.807) is 13.0 Å². The van der Waals surface area contributed by atoms with E-state index >= 15 is 0 Å². The van der Waals surface area contributed by atoms with Gasteiger partial charge in [-0.25, -0.2) is 0 Å². The maximum Gasteiger partial charge on any atom is 0.308 e. The number of nitro groups is 1. The molecule has 1 saturated heterocycles. The molecule has 7 heteroatoms. The first-order chi connectivity index (χ1) is 8.90. The minimum atomic E-state index is -1.06. The number of carboxylic acids is 1. The lowest BCUT2D eigenvalue weighted by molar-refractivity contribution is -0.384. The number of benzene rings is 1. The summed E-state index contributed by atoms with van der Waals surface area (Å²) in [6.07, 6.45) is -0.125. The van der Waals surface area contributed by atoms with Crippen LogP contribution in [0.2, 0.25) is 0 Å². The number of carboxylic acid groups (broad SMARTS) is 1. The van der Waals surface area contributed by atoms with E-state index in [1.165, 1.54) is 17.0 Å². The number of aliphatic carboxylic acids is 1. The van der Waals surface area contributed by atoms with Crippen LogP contribution in [0.1, 0.15) is 12.0 Å². The lowest BCUT2D eigenvalue weighted by Crippen LogP contribution is -2.26. The Kier molecular flexibility index (Phi) is 3.20. The average Bonchev–Trinajstić information content (AvgIpc) is 2.71. The minimum Gasteiger partial charge on any atom is -0.481 e. The first kappa shape index (κ1) is 13.0. The third-order valence-electron chi connectivity index (χ3n) is 3.09. The number of nitrogens with zero attached hydrogens (tertiary/aromatic N) is 2. The molecule has 1 aromatic rings. The normalized spacial score (nSPS) is 18.7. The van der Waals surface area contributed by atoms with Gasteiger partial charge in [0.1, 0.15) is 5.69 Å². The fraction of sp³-hybridized carbons (Fsp3) is 0.333. The number of carbonyl (C=O) groups excluding carboxylic acids is 1. The van der Waals surface area contributed by atoms with Gasteiger partial charge in [0.15, 0.2) is 0 Å². The van der Waals surface area contributed by atoms with Crippen LogP contribution in [0, 0.1) is 23.0 Å². The van der Waals surface area contributed by atoms with E-state index in [0.717, 1.165) is 5.56 Å². The van der Waals surface area contributed by atoms with E-state index in [9.17, 15) is 19.7 Å². The Balaban J connectivity index is 2.42. The number of carbonyl (C=O) groups is 2. The molecular formula is C12H12N2O5. The van der Waals surface area contributed by atoms with Crippen molar-refractivity contribution in [2.45, 2.75) is 13.3 Å². The molecule has 2 rings (SSSR count). The molecule has 1 amide bonds. The smallest absolute Gasteiger partial charge is 0.308 e.